The number of aliphatic hydroxyl groups is 1. The van der Waals surface area contributed by atoms with Crippen molar-refractivity contribution >= 4 is 17.2 Å². The lowest BCUT2D eigenvalue weighted by atomic mass is 10.1. The second-order valence-electron chi connectivity index (χ2n) is 3.91. The minimum absolute atomic E-state index is 0.0290. The Balaban J connectivity index is 2.35. The molecule has 96 valence electrons. The molecule has 0 saturated heterocycles. The molecule has 3 N–H and O–H groups in total. The molecule has 0 saturated carbocycles. The van der Waals surface area contributed by atoms with Gasteiger partial charge in [0.2, 0.25) is 5.91 Å². The number of carbonyl (C=O) groups is 1. The second kappa shape index (κ2) is 7.42. The van der Waals surface area contributed by atoms with Crippen molar-refractivity contribution in [3.8, 4) is 0 Å². The molecule has 2 unspecified atom stereocenters. The van der Waals surface area contributed by atoms with Crippen LogP contribution in [0.4, 0.5) is 0 Å². The zero-order chi connectivity index (χ0) is 12.7. The van der Waals surface area contributed by atoms with Gasteiger partial charge in [0.25, 0.3) is 0 Å². The van der Waals surface area contributed by atoms with Gasteiger partial charge in [-0.25, -0.2) is 0 Å². The molecule has 0 aromatic carbocycles. The average Bonchev–Trinajstić information content (AvgIpc) is 2.81. The van der Waals surface area contributed by atoms with Crippen molar-refractivity contribution in [1.29, 1.82) is 0 Å². The first-order chi connectivity index (χ1) is 8.15. The third kappa shape index (κ3) is 4.85. The van der Waals surface area contributed by atoms with Gasteiger partial charge in [-0.1, -0.05) is 13.0 Å². The van der Waals surface area contributed by atoms with E-state index in [2.05, 4.69) is 10.6 Å². The van der Waals surface area contributed by atoms with Gasteiger partial charge in [-0.2, -0.15) is 0 Å². The molecule has 4 nitrogen and oxygen atoms in total. The summed E-state index contributed by atoms with van der Waals surface area (Å²) in [5, 5.41) is 18.1. The average molecular weight is 256 g/mol. The molecular weight excluding hydrogens is 236 g/mol. The van der Waals surface area contributed by atoms with Crippen LogP contribution in [-0.4, -0.2) is 30.1 Å². The molecule has 1 aromatic heterocycles. The van der Waals surface area contributed by atoms with Gasteiger partial charge in [-0.15, -0.1) is 11.3 Å². The Morgan fingerprint density at radius 1 is 1.53 bits per heavy atom. The van der Waals surface area contributed by atoms with Crippen LogP contribution in [0.2, 0.25) is 0 Å². The Bertz CT molecular complexity index is 327. The number of hydrogen-bond donors (Lipinski definition) is 3. The summed E-state index contributed by atoms with van der Waals surface area (Å²) in [6.45, 7) is 4.79. The fourth-order valence-electron chi connectivity index (χ4n) is 1.63. The molecule has 0 spiro atoms. The predicted molar refractivity (Wildman–Crippen MR) is 70.0 cm³/mol. The van der Waals surface area contributed by atoms with Gasteiger partial charge in [0.15, 0.2) is 0 Å². The van der Waals surface area contributed by atoms with Crippen molar-refractivity contribution in [3.63, 3.8) is 0 Å². The first-order valence-corrected chi connectivity index (χ1v) is 6.72. The van der Waals surface area contributed by atoms with Crippen LogP contribution in [0.1, 0.15) is 31.2 Å². The van der Waals surface area contributed by atoms with E-state index >= 15 is 0 Å². The molecule has 1 amide bonds. The topological polar surface area (TPSA) is 61.4 Å². The largest absolute Gasteiger partial charge is 0.386 e. The van der Waals surface area contributed by atoms with Crippen molar-refractivity contribution in [2.75, 3.05) is 13.1 Å². The smallest absolute Gasteiger partial charge is 0.216 e. The third-order valence-corrected chi connectivity index (χ3v) is 3.50. The fraction of sp³-hybridized carbons (Fsp3) is 0.583. The number of hydrogen-bond acceptors (Lipinski definition) is 4. The number of rotatable bonds is 7. The van der Waals surface area contributed by atoms with Crippen molar-refractivity contribution in [2.45, 2.75) is 32.4 Å². The van der Waals surface area contributed by atoms with Crippen LogP contribution in [-0.2, 0) is 4.79 Å². The van der Waals surface area contributed by atoms with E-state index in [-0.39, 0.29) is 11.9 Å². The molecule has 0 bridgehead atoms. The zero-order valence-electron chi connectivity index (χ0n) is 10.3. The highest BCUT2D eigenvalue weighted by Crippen LogP contribution is 2.23. The summed E-state index contributed by atoms with van der Waals surface area (Å²) < 4.78 is 0. The Kier molecular flexibility index (Phi) is 6.18. The summed E-state index contributed by atoms with van der Waals surface area (Å²) in [5.41, 5.74) is 0. The fourth-order valence-corrected chi connectivity index (χ4v) is 2.41. The Hall–Kier alpha value is -0.910. The molecule has 5 heteroatoms. The molecule has 2 atom stereocenters. The highest BCUT2D eigenvalue weighted by molar-refractivity contribution is 7.10. The third-order valence-electron chi connectivity index (χ3n) is 2.56. The SMILES string of the molecule is CCC(NCCNC(C)=O)C(O)c1cccs1. The van der Waals surface area contributed by atoms with Crippen LogP contribution >= 0.6 is 11.3 Å². The number of aliphatic hydroxyl groups excluding tert-OH is 1. The van der Waals surface area contributed by atoms with Crippen molar-refractivity contribution < 1.29 is 9.90 Å². The maximum atomic E-state index is 10.7. The molecule has 0 aliphatic heterocycles. The summed E-state index contributed by atoms with van der Waals surface area (Å²) in [5.74, 6) is -0.0290. The molecule has 0 fully saturated rings. The van der Waals surface area contributed by atoms with Crippen LogP contribution in [0.5, 0.6) is 0 Å². The van der Waals surface area contributed by atoms with Gasteiger partial charge < -0.3 is 15.7 Å². The molecule has 1 heterocycles. The van der Waals surface area contributed by atoms with E-state index in [0.717, 1.165) is 11.3 Å². The lowest BCUT2D eigenvalue weighted by Crippen LogP contribution is -2.39. The van der Waals surface area contributed by atoms with Gasteiger partial charge >= 0.3 is 0 Å². The summed E-state index contributed by atoms with van der Waals surface area (Å²) in [6.07, 6.45) is 0.372. The van der Waals surface area contributed by atoms with Crippen molar-refractivity contribution in [2.24, 2.45) is 0 Å². The maximum Gasteiger partial charge on any atom is 0.216 e. The van der Waals surface area contributed by atoms with E-state index in [9.17, 15) is 9.90 Å². The van der Waals surface area contributed by atoms with Crippen molar-refractivity contribution in [3.05, 3.63) is 22.4 Å². The van der Waals surface area contributed by atoms with Crippen LogP contribution in [0, 0.1) is 0 Å². The number of thiophene rings is 1. The second-order valence-corrected chi connectivity index (χ2v) is 4.89. The first-order valence-electron chi connectivity index (χ1n) is 5.84. The van der Waals surface area contributed by atoms with Gasteiger partial charge in [0.1, 0.15) is 6.10 Å². The monoisotopic (exact) mass is 256 g/mol. The Morgan fingerprint density at radius 3 is 2.82 bits per heavy atom. The van der Waals surface area contributed by atoms with E-state index in [0.29, 0.717) is 13.1 Å². The summed E-state index contributed by atoms with van der Waals surface area (Å²) in [7, 11) is 0. The molecule has 0 radical (unpaired) electrons. The minimum Gasteiger partial charge on any atom is -0.386 e. The molecular formula is C12H20N2O2S. The van der Waals surface area contributed by atoms with Gasteiger partial charge in [0.05, 0.1) is 0 Å². The number of carbonyl (C=O) groups excluding carboxylic acids is 1. The Labute approximate surface area is 106 Å². The highest BCUT2D eigenvalue weighted by Gasteiger charge is 2.19. The van der Waals surface area contributed by atoms with E-state index in [1.807, 2.05) is 24.4 Å². The van der Waals surface area contributed by atoms with Crippen molar-refractivity contribution in [1.82, 2.24) is 10.6 Å². The van der Waals surface area contributed by atoms with Crippen LogP contribution in [0.15, 0.2) is 17.5 Å². The zero-order valence-corrected chi connectivity index (χ0v) is 11.1. The first kappa shape index (κ1) is 14.2. The molecule has 1 rings (SSSR count). The minimum atomic E-state index is -0.475. The van der Waals surface area contributed by atoms with Crippen LogP contribution in [0.25, 0.3) is 0 Å². The number of amides is 1. The van der Waals surface area contributed by atoms with Gasteiger partial charge in [-0.3, -0.25) is 4.79 Å². The van der Waals surface area contributed by atoms with Gasteiger partial charge in [-0.05, 0) is 17.9 Å². The normalized spacial score (nSPS) is 14.3. The summed E-state index contributed by atoms with van der Waals surface area (Å²) >= 11 is 1.56. The van der Waals surface area contributed by atoms with E-state index in [1.54, 1.807) is 11.3 Å². The molecule has 17 heavy (non-hydrogen) atoms. The molecule has 1 aromatic rings. The van der Waals surface area contributed by atoms with Gasteiger partial charge in [0, 0.05) is 30.9 Å². The molecule has 0 aliphatic rings. The standard InChI is InChI=1S/C12H20N2O2S/c1-3-10(14-7-6-13-9(2)15)12(16)11-5-4-8-17-11/h4-5,8,10,12,14,16H,3,6-7H2,1-2H3,(H,13,15). The van der Waals surface area contributed by atoms with E-state index in [1.165, 1.54) is 6.92 Å². The lowest BCUT2D eigenvalue weighted by molar-refractivity contribution is -0.118. The number of nitrogens with one attached hydrogen (secondary N) is 2. The van der Waals surface area contributed by atoms with Crippen LogP contribution < -0.4 is 10.6 Å². The van der Waals surface area contributed by atoms with Crippen LogP contribution in [0.3, 0.4) is 0 Å². The quantitative estimate of drug-likeness (QED) is 0.644. The maximum absolute atomic E-state index is 10.7. The lowest BCUT2D eigenvalue weighted by Gasteiger charge is -2.22. The molecule has 0 aliphatic carbocycles. The van der Waals surface area contributed by atoms with E-state index < -0.39 is 6.10 Å². The Morgan fingerprint density at radius 2 is 2.29 bits per heavy atom. The predicted octanol–water partition coefficient (Wildman–Crippen LogP) is 1.29. The highest BCUT2D eigenvalue weighted by atomic mass is 32.1. The van der Waals surface area contributed by atoms with E-state index in [4.69, 9.17) is 0 Å². The summed E-state index contributed by atoms with van der Waals surface area (Å²) in [4.78, 5) is 11.7. The summed E-state index contributed by atoms with van der Waals surface area (Å²) in [6, 6.07) is 3.91.